The first kappa shape index (κ1) is 11.6. The van der Waals surface area contributed by atoms with Crippen molar-refractivity contribution in [1.82, 2.24) is 0 Å². The highest BCUT2D eigenvalue weighted by Crippen LogP contribution is 2.44. The van der Waals surface area contributed by atoms with Gasteiger partial charge in [0.25, 0.3) is 0 Å². The van der Waals surface area contributed by atoms with Gasteiger partial charge in [0.15, 0.2) is 0 Å². The van der Waals surface area contributed by atoms with Crippen LogP contribution in [0.4, 0.5) is 0 Å². The highest BCUT2D eigenvalue weighted by Gasteiger charge is 2.43. The number of hydrogen-bond donors (Lipinski definition) is 1. The van der Waals surface area contributed by atoms with Crippen LogP contribution in [0.15, 0.2) is 29.8 Å². The van der Waals surface area contributed by atoms with E-state index in [9.17, 15) is 4.79 Å². The van der Waals surface area contributed by atoms with E-state index in [4.69, 9.17) is 5.11 Å². The maximum absolute atomic E-state index is 10.7. The average Bonchev–Trinajstić information content (AvgIpc) is 3.01. The second-order valence-electron chi connectivity index (χ2n) is 4.23. The smallest absolute Gasteiger partial charge is 0.307 e. The summed E-state index contributed by atoms with van der Waals surface area (Å²) in [7, 11) is 0. The lowest BCUT2D eigenvalue weighted by molar-refractivity contribution is -0.138. The van der Waals surface area contributed by atoms with Gasteiger partial charge >= 0.3 is 5.97 Å². The van der Waals surface area contributed by atoms with Crippen molar-refractivity contribution in [2.45, 2.75) is 13.3 Å². The van der Waals surface area contributed by atoms with E-state index >= 15 is 0 Å². The standard InChI is InChI=1S/C13H13IO2/c1-8(11-7-12(11)13(15)16)6-9-2-4-10(14)5-3-9/h2-6,11-12H,7H2,1H3,(H,15,16)/b8-6+/t11-,12+/m0/s1. The highest BCUT2D eigenvalue weighted by molar-refractivity contribution is 14.1. The van der Waals surface area contributed by atoms with Crippen LogP contribution in [-0.2, 0) is 4.79 Å². The predicted molar refractivity (Wildman–Crippen MR) is 72.0 cm³/mol. The van der Waals surface area contributed by atoms with E-state index in [1.54, 1.807) is 0 Å². The Labute approximate surface area is 109 Å². The number of carbonyl (C=O) groups is 1. The molecule has 84 valence electrons. The first-order valence-electron chi connectivity index (χ1n) is 5.24. The van der Waals surface area contributed by atoms with Gasteiger partial charge in [-0.2, -0.15) is 0 Å². The fraction of sp³-hybridized carbons (Fsp3) is 0.308. The van der Waals surface area contributed by atoms with Crippen LogP contribution in [-0.4, -0.2) is 11.1 Å². The Morgan fingerprint density at radius 1 is 1.38 bits per heavy atom. The van der Waals surface area contributed by atoms with Crippen LogP contribution in [0, 0.1) is 15.4 Å². The number of aliphatic carboxylic acids is 1. The van der Waals surface area contributed by atoms with Gasteiger partial charge in [-0.15, -0.1) is 0 Å². The fourth-order valence-electron chi connectivity index (χ4n) is 1.90. The lowest BCUT2D eigenvalue weighted by atomic mass is 10.1. The predicted octanol–water partition coefficient (Wildman–Crippen LogP) is 3.42. The van der Waals surface area contributed by atoms with Crippen LogP contribution in [0.2, 0.25) is 0 Å². The Morgan fingerprint density at radius 3 is 2.50 bits per heavy atom. The van der Waals surface area contributed by atoms with Gasteiger partial charge in [0.05, 0.1) is 5.92 Å². The molecule has 0 aliphatic heterocycles. The largest absolute Gasteiger partial charge is 0.481 e. The summed E-state index contributed by atoms with van der Waals surface area (Å²) >= 11 is 2.27. The highest BCUT2D eigenvalue weighted by atomic mass is 127. The Balaban J connectivity index is 2.08. The summed E-state index contributed by atoms with van der Waals surface area (Å²) in [5, 5.41) is 8.85. The van der Waals surface area contributed by atoms with Gasteiger partial charge in [-0.25, -0.2) is 0 Å². The molecule has 16 heavy (non-hydrogen) atoms. The number of carboxylic acid groups (broad SMARTS) is 1. The summed E-state index contributed by atoms with van der Waals surface area (Å²) in [6.45, 7) is 2.02. The van der Waals surface area contributed by atoms with Crippen LogP contribution in [0.25, 0.3) is 6.08 Å². The molecule has 0 aromatic heterocycles. The minimum atomic E-state index is -0.666. The summed E-state index contributed by atoms with van der Waals surface area (Å²) in [6.07, 6.45) is 2.88. The van der Waals surface area contributed by atoms with Gasteiger partial charge in [0, 0.05) is 3.57 Å². The number of hydrogen-bond acceptors (Lipinski definition) is 1. The first-order chi connectivity index (χ1) is 7.58. The van der Waals surface area contributed by atoms with Crippen molar-refractivity contribution >= 4 is 34.6 Å². The molecule has 1 aliphatic carbocycles. The quantitative estimate of drug-likeness (QED) is 0.864. The molecule has 0 amide bonds. The minimum absolute atomic E-state index is 0.153. The Morgan fingerprint density at radius 2 is 2.00 bits per heavy atom. The normalized spacial score (nSPS) is 24.2. The van der Waals surface area contributed by atoms with Gasteiger partial charge in [-0.05, 0) is 59.5 Å². The van der Waals surface area contributed by atoms with Crippen molar-refractivity contribution in [3.63, 3.8) is 0 Å². The molecule has 1 aromatic rings. The number of halogens is 1. The van der Waals surface area contributed by atoms with Gasteiger partial charge in [0.2, 0.25) is 0 Å². The second-order valence-corrected chi connectivity index (χ2v) is 5.47. The summed E-state index contributed by atoms with van der Waals surface area (Å²) in [5.74, 6) is -0.572. The Kier molecular flexibility index (Phi) is 3.33. The number of allylic oxidation sites excluding steroid dienone is 1. The molecule has 0 heterocycles. The monoisotopic (exact) mass is 328 g/mol. The average molecular weight is 328 g/mol. The molecule has 0 bridgehead atoms. The maximum atomic E-state index is 10.7. The van der Waals surface area contributed by atoms with Crippen LogP contribution in [0.5, 0.6) is 0 Å². The molecular formula is C13H13IO2. The third-order valence-corrected chi connectivity index (χ3v) is 3.68. The van der Waals surface area contributed by atoms with Gasteiger partial charge in [0.1, 0.15) is 0 Å². The van der Waals surface area contributed by atoms with E-state index in [0.717, 1.165) is 12.0 Å². The van der Waals surface area contributed by atoms with Gasteiger partial charge in [-0.3, -0.25) is 4.79 Å². The lowest BCUT2D eigenvalue weighted by Crippen LogP contribution is -1.99. The topological polar surface area (TPSA) is 37.3 Å². The molecule has 0 radical (unpaired) electrons. The number of benzene rings is 1. The molecule has 1 aromatic carbocycles. The molecule has 0 spiro atoms. The third kappa shape index (κ3) is 2.64. The SMILES string of the molecule is C/C(=C\c1ccc(I)cc1)[C@@H]1C[C@H]1C(=O)O. The lowest BCUT2D eigenvalue weighted by Gasteiger charge is -1.99. The molecule has 1 N–H and O–H groups in total. The first-order valence-corrected chi connectivity index (χ1v) is 6.32. The zero-order valence-corrected chi connectivity index (χ0v) is 11.1. The van der Waals surface area contributed by atoms with E-state index < -0.39 is 5.97 Å². The molecule has 0 unspecified atom stereocenters. The molecular weight excluding hydrogens is 315 g/mol. The van der Waals surface area contributed by atoms with Crippen molar-refractivity contribution in [3.05, 3.63) is 39.0 Å². The Bertz CT molecular complexity index is 434. The third-order valence-electron chi connectivity index (χ3n) is 2.96. The Hall–Kier alpha value is -0.840. The van der Waals surface area contributed by atoms with Crippen molar-refractivity contribution in [2.75, 3.05) is 0 Å². The van der Waals surface area contributed by atoms with Crippen LogP contribution < -0.4 is 0 Å². The number of carboxylic acids is 1. The van der Waals surface area contributed by atoms with Crippen molar-refractivity contribution in [1.29, 1.82) is 0 Å². The van der Waals surface area contributed by atoms with Crippen molar-refractivity contribution < 1.29 is 9.90 Å². The minimum Gasteiger partial charge on any atom is -0.481 e. The van der Waals surface area contributed by atoms with E-state index in [1.165, 1.54) is 9.14 Å². The molecule has 0 saturated heterocycles. The van der Waals surface area contributed by atoms with Gasteiger partial charge < -0.3 is 5.11 Å². The second kappa shape index (κ2) is 4.57. The van der Waals surface area contributed by atoms with Crippen LogP contribution in [0.1, 0.15) is 18.9 Å². The van der Waals surface area contributed by atoms with Crippen molar-refractivity contribution in [2.24, 2.45) is 11.8 Å². The van der Waals surface area contributed by atoms with Crippen LogP contribution in [0.3, 0.4) is 0 Å². The van der Waals surface area contributed by atoms with E-state index in [0.29, 0.717) is 0 Å². The van der Waals surface area contributed by atoms with E-state index in [-0.39, 0.29) is 11.8 Å². The summed E-state index contributed by atoms with van der Waals surface area (Å²) in [6, 6.07) is 8.23. The zero-order valence-electron chi connectivity index (χ0n) is 8.98. The van der Waals surface area contributed by atoms with Crippen molar-refractivity contribution in [3.8, 4) is 0 Å². The molecule has 2 rings (SSSR count). The zero-order chi connectivity index (χ0) is 11.7. The fourth-order valence-corrected chi connectivity index (χ4v) is 2.26. The molecule has 1 fully saturated rings. The van der Waals surface area contributed by atoms with E-state index in [1.807, 2.05) is 6.92 Å². The molecule has 1 saturated carbocycles. The van der Waals surface area contributed by atoms with Gasteiger partial charge in [-0.1, -0.05) is 23.8 Å². The molecule has 2 nitrogen and oxygen atoms in total. The summed E-state index contributed by atoms with van der Waals surface area (Å²) in [4.78, 5) is 10.7. The number of rotatable bonds is 3. The van der Waals surface area contributed by atoms with Crippen LogP contribution >= 0.6 is 22.6 Å². The molecule has 2 atom stereocenters. The summed E-state index contributed by atoms with van der Waals surface area (Å²) in [5.41, 5.74) is 2.32. The van der Waals surface area contributed by atoms with E-state index in [2.05, 4.69) is 52.9 Å². The molecule has 1 aliphatic rings. The maximum Gasteiger partial charge on any atom is 0.307 e. The molecule has 3 heteroatoms. The summed E-state index contributed by atoms with van der Waals surface area (Å²) < 4.78 is 1.21.